The van der Waals surface area contributed by atoms with Crippen LogP contribution in [0.3, 0.4) is 0 Å². The zero-order valence-electron chi connectivity index (χ0n) is 14.6. The van der Waals surface area contributed by atoms with Gasteiger partial charge in [0.05, 0.1) is 0 Å². The molecular formula is C18H24N4O2S. The summed E-state index contributed by atoms with van der Waals surface area (Å²) in [6, 6.07) is 4.11. The quantitative estimate of drug-likeness (QED) is 0.705. The molecule has 25 heavy (non-hydrogen) atoms. The lowest BCUT2D eigenvalue weighted by molar-refractivity contribution is 0.0940. The van der Waals surface area contributed by atoms with Crippen LogP contribution in [-0.2, 0) is 12.8 Å². The van der Waals surface area contributed by atoms with Crippen LogP contribution in [0.4, 0.5) is 5.82 Å². The molecule has 1 unspecified atom stereocenters. The molecule has 3 rings (SSSR count). The predicted octanol–water partition coefficient (Wildman–Crippen LogP) is 2.21. The molecule has 0 aromatic carbocycles. The number of fused-ring (bicyclic) bond motifs is 1. The summed E-state index contributed by atoms with van der Waals surface area (Å²) in [7, 11) is 0. The normalized spacial score (nSPS) is 15.0. The molecule has 3 heterocycles. The van der Waals surface area contributed by atoms with E-state index in [0.29, 0.717) is 24.6 Å². The number of amides is 1. The first kappa shape index (κ1) is 17.8. The van der Waals surface area contributed by atoms with Crippen molar-refractivity contribution in [2.45, 2.75) is 32.6 Å². The van der Waals surface area contributed by atoms with Crippen molar-refractivity contribution >= 4 is 23.1 Å². The molecule has 0 saturated heterocycles. The number of aliphatic hydroxyl groups excluding tert-OH is 1. The molecule has 2 aromatic heterocycles. The summed E-state index contributed by atoms with van der Waals surface area (Å²) < 4.78 is 0. The summed E-state index contributed by atoms with van der Waals surface area (Å²) >= 11 is 1.70. The van der Waals surface area contributed by atoms with E-state index >= 15 is 0 Å². The van der Waals surface area contributed by atoms with Gasteiger partial charge in [-0.2, -0.15) is 0 Å². The Kier molecular flexibility index (Phi) is 5.65. The molecule has 3 N–H and O–H groups in total. The van der Waals surface area contributed by atoms with Crippen LogP contribution >= 0.6 is 11.3 Å². The van der Waals surface area contributed by atoms with Crippen molar-refractivity contribution in [3.05, 3.63) is 39.5 Å². The molecule has 1 amide bonds. The van der Waals surface area contributed by atoms with Crippen molar-refractivity contribution in [3.8, 4) is 0 Å². The molecule has 6 nitrogen and oxygen atoms in total. The maximum atomic E-state index is 12.2. The van der Waals surface area contributed by atoms with Gasteiger partial charge in [-0.3, -0.25) is 4.79 Å². The van der Waals surface area contributed by atoms with Crippen molar-refractivity contribution < 1.29 is 9.90 Å². The highest BCUT2D eigenvalue weighted by atomic mass is 32.1. The van der Waals surface area contributed by atoms with Crippen molar-refractivity contribution in [1.29, 1.82) is 0 Å². The average molecular weight is 360 g/mol. The number of aliphatic hydroxyl groups is 1. The summed E-state index contributed by atoms with van der Waals surface area (Å²) in [4.78, 5) is 22.5. The second-order valence-corrected chi connectivity index (χ2v) is 7.66. The van der Waals surface area contributed by atoms with Crippen molar-refractivity contribution in [2.24, 2.45) is 5.92 Å². The van der Waals surface area contributed by atoms with E-state index in [2.05, 4.69) is 26.7 Å². The number of anilines is 1. The van der Waals surface area contributed by atoms with E-state index in [4.69, 9.17) is 0 Å². The van der Waals surface area contributed by atoms with Gasteiger partial charge in [0.2, 0.25) is 0 Å². The van der Waals surface area contributed by atoms with E-state index in [0.717, 1.165) is 24.2 Å². The topological polar surface area (TPSA) is 87.1 Å². The van der Waals surface area contributed by atoms with E-state index in [-0.39, 0.29) is 24.3 Å². The highest BCUT2D eigenvalue weighted by Crippen LogP contribution is 2.24. The molecule has 2 aromatic rings. The van der Waals surface area contributed by atoms with Gasteiger partial charge in [0.15, 0.2) is 0 Å². The molecule has 0 spiro atoms. The fourth-order valence-electron chi connectivity index (χ4n) is 2.87. The Hall–Kier alpha value is -1.99. The molecule has 134 valence electrons. The van der Waals surface area contributed by atoms with Crippen LogP contribution in [0.25, 0.3) is 0 Å². The zero-order valence-corrected chi connectivity index (χ0v) is 15.4. The number of rotatable bonds is 7. The van der Waals surface area contributed by atoms with Gasteiger partial charge in [-0.15, -0.1) is 11.3 Å². The summed E-state index contributed by atoms with van der Waals surface area (Å²) in [6.07, 6.45) is 1.54. The fraction of sp³-hybridized carbons (Fsp3) is 0.500. The number of nitrogens with one attached hydrogen (secondary N) is 2. The number of thiophene rings is 1. The first-order valence-electron chi connectivity index (χ1n) is 8.64. The molecule has 0 fully saturated rings. The summed E-state index contributed by atoms with van der Waals surface area (Å²) in [5.74, 6) is 1.50. The van der Waals surface area contributed by atoms with E-state index in [1.165, 1.54) is 4.88 Å². The third-order valence-corrected chi connectivity index (χ3v) is 5.20. The maximum absolute atomic E-state index is 12.2. The van der Waals surface area contributed by atoms with Crippen LogP contribution in [-0.4, -0.2) is 40.7 Å². The summed E-state index contributed by atoms with van der Waals surface area (Å²) in [5, 5.41) is 17.9. The molecule has 1 atom stereocenters. The van der Waals surface area contributed by atoms with Gasteiger partial charge in [-0.05, 0) is 24.3 Å². The van der Waals surface area contributed by atoms with Crippen LogP contribution in [0, 0.1) is 5.92 Å². The minimum atomic E-state index is -0.133. The zero-order chi connectivity index (χ0) is 17.8. The van der Waals surface area contributed by atoms with Crippen LogP contribution in [0.2, 0.25) is 0 Å². The summed E-state index contributed by atoms with van der Waals surface area (Å²) in [6.45, 7) is 5.34. The Balaban J connectivity index is 1.79. The van der Waals surface area contributed by atoms with Crippen LogP contribution in [0.15, 0.2) is 17.5 Å². The number of hydrogen-bond acceptors (Lipinski definition) is 6. The molecule has 0 bridgehead atoms. The Morgan fingerprint density at radius 3 is 2.92 bits per heavy atom. The standard InChI is InChI=1S/C18H24N4O2S/c1-11(2)16-21-15-14(5-6-19-18(15)24)17(22-16)20-9-12(10-23)8-13-4-3-7-25-13/h3-4,7,11-12,23H,5-6,8-10H2,1-2H3,(H,19,24)(H,20,21,22). The molecule has 1 aliphatic rings. The van der Waals surface area contributed by atoms with Crippen molar-refractivity contribution in [3.63, 3.8) is 0 Å². The van der Waals surface area contributed by atoms with Gasteiger partial charge in [0, 0.05) is 42.0 Å². The molecule has 0 aliphatic carbocycles. The van der Waals surface area contributed by atoms with Crippen LogP contribution in [0.5, 0.6) is 0 Å². The van der Waals surface area contributed by atoms with Crippen LogP contribution < -0.4 is 10.6 Å². The monoisotopic (exact) mass is 360 g/mol. The Bertz CT molecular complexity index is 731. The Labute approximate surface area is 151 Å². The minimum Gasteiger partial charge on any atom is -0.396 e. The van der Waals surface area contributed by atoms with Crippen LogP contribution in [0.1, 0.15) is 46.5 Å². The molecule has 0 radical (unpaired) electrons. The lowest BCUT2D eigenvalue weighted by atomic mass is 10.0. The number of carbonyl (C=O) groups is 1. The highest BCUT2D eigenvalue weighted by molar-refractivity contribution is 7.09. The smallest absolute Gasteiger partial charge is 0.270 e. The third kappa shape index (κ3) is 4.16. The van der Waals surface area contributed by atoms with E-state index in [1.54, 1.807) is 11.3 Å². The molecular weight excluding hydrogens is 336 g/mol. The van der Waals surface area contributed by atoms with Gasteiger partial charge < -0.3 is 15.7 Å². The van der Waals surface area contributed by atoms with Crippen molar-refractivity contribution in [1.82, 2.24) is 15.3 Å². The van der Waals surface area contributed by atoms with Gasteiger partial charge in [-0.25, -0.2) is 9.97 Å². The largest absolute Gasteiger partial charge is 0.396 e. The lowest BCUT2D eigenvalue weighted by Gasteiger charge is -2.22. The predicted molar refractivity (Wildman–Crippen MR) is 99.2 cm³/mol. The minimum absolute atomic E-state index is 0.101. The number of nitrogens with zero attached hydrogens (tertiary/aromatic N) is 2. The fourth-order valence-corrected chi connectivity index (χ4v) is 3.69. The second kappa shape index (κ2) is 7.93. The highest BCUT2D eigenvalue weighted by Gasteiger charge is 2.24. The Morgan fingerprint density at radius 1 is 1.40 bits per heavy atom. The van der Waals surface area contributed by atoms with Gasteiger partial charge in [-0.1, -0.05) is 19.9 Å². The molecule has 7 heteroatoms. The van der Waals surface area contributed by atoms with Crippen molar-refractivity contribution in [2.75, 3.05) is 25.0 Å². The molecule has 1 aliphatic heterocycles. The summed E-state index contributed by atoms with van der Waals surface area (Å²) in [5.41, 5.74) is 1.35. The lowest BCUT2D eigenvalue weighted by Crippen LogP contribution is -2.34. The first-order chi connectivity index (χ1) is 12.1. The SMILES string of the molecule is CC(C)c1nc(NCC(CO)Cc2cccs2)c2c(n1)C(=O)NCC2. The number of aromatic nitrogens is 2. The van der Waals surface area contributed by atoms with Gasteiger partial charge in [0.1, 0.15) is 17.3 Å². The maximum Gasteiger partial charge on any atom is 0.270 e. The number of hydrogen-bond donors (Lipinski definition) is 3. The second-order valence-electron chi connectivity index (χ2n) is 6.63. The van der Waals surface area contributed by atoms with E-state index in [9.17, 15) is 9.90 Å². The van der Waals surface area contributed by atoms with E-state index in [1.807, 2.05) is 25.3 Å². The third-order valence-electron chi connectivity index (χ3n) is 4.30. The van der Waals surface area contributed by atoms with E-state index < -0.39 is 0 Å². The first-order valence-corrected chi connectivity index (χ1v) is 9.52. The number of carbonyl (C=O) groups excluding carboxylic acids is 1. The van der Waals surface area contributed by atoms with Gasteiger partial charge >= 0.3 is 0 Å². The van der Waals surface area contributed by atoms with Gasteiger partial charge in [0.25, 0.3) is 5.91 Å². The average Bonchev–Trinajstić information content (AvgIpc) is 3.11. The Morgan fingerprint density at radius 2 is 2.24 bits per heavy atom. The molecule has 0 saturated carbocycles.